The molecule has 0 heterocycles. The highest BCUT2D eigenvalue weighted by molar-refractivity contribution is 5.87. The third kappa shape index (κ3) is 10.9. The second kappa shape index (κ2) is 16.2. The molecule has 0 aliphatic carbocycles. The van der Waals surface area contributed by atoms with E-state index in [1.54, 1.807) is 11.8 Å². The molecule has 0 fully saturated rings. The standard InChI is InChI=1S/C26H36N4O6/c1-4-34-24(35-5-2)18-30(17-22-14-10-7-11-15-22)25(32)20(3)28-23(31)19-36-29-26(33)27-16-21-12-8-6-9-13-21/h6-15,20,24H,4-5,16-19H2,1-3H3,(H,28,31)(H2,27,29,33). The number of rotatable bonds is 15. The molecule has 10 nitrogen and oxygen atoms in total. The lowest BCUT2D eigenvalue weighted by molar-refractivity contribution is -0.161. The van der Waals surface area contributed by atoms with E-state index in [1.807, 2.05) is 74.5 Å². The highest BCUT2D eigenvalue weighted by atomic mass is 16.7. The fourth-order valence-corrected chi connectivity index (χ4v) is 3.34. The zero-order valence-corrected chi connectivity index (χ0v) is 21.1. The van der Waals surface area contributed by atoms with Gasteiger partial charge in [0.1, 0.15) is 6.04 Å². The van der Waals surface area contributed by atoms with Crippen molar-refractivity contribution in [1.82, 2.24) is 21.0 Å². The van der Waals surface area contributed by atoms with Gasteiger partial charge in [-0.3, -0.25) is 14.4 Å². The summed E-state index contributed by atoms with van der Waals surface area (Å²) in [6.45, 7) is 6.58. The predicted octanol–water partition coefficient (Wildman–Crippen LogP) is 2.35. The lowest BCUT2D eigenvalue weighted by Gasteiger charge is -2.30. The first-order valence-corrected chi connectivity index (χ1v) is 12.0. The summed E-state index contributed by atoms with van der Waals surface area (Å²) in [5, 5.41) is 5.22. The van der Waals surface area contributed by atoms with Crippen molar-refractivity contribution in [3.05, 3.63) is 71.8 Å². The number of carbonyl (C=O) groups is 3. The van der Waals surface area contributed by atoms with Gasteiger partial charge in [0.25, 0.3) is 0 Å². The van der Waals surface area contributed by atoms with Gasteiger partial charge >= 0.3 is 6.03 Å². The normalized spacial score (nSPS) is 11.6. The van der Waals surface area contributed by atoms with Crippen LogP contribution in [0.15, 0.2) is 60.7 Å². The summed E-state index contributed by atoms with van der Waals surface area (Å²) < 4.78 is 11.2. The van der Waals surface area contributed by atoms with Crippen LogP contribution in [0.3, 0.4) is 0 Å². The van der Waals surface area contributed by atoms with E-state index in [-0.39, 0.29) is 12.5 Å². The van der Waals surface area contributed by atoms with Crippen LogP contribution in [0.4, 0.5) is 4.79 Å². The van der Waals surface area contributed by atoms with E-state index >= 15 is 0 Å². The molecule has 1 atom stereocenters. The zero-order valence-electron chi connectivity index (χ0n) is 21.1. The molecule has 3 N–H and O–H groups in total. The van der Waals surface area contributed by atoms with Crippen LogP contribution >= 0.6 is 0 Å². The van der Waals surface area contributed by atoms with E-state index in [0.29, 0.717) is 26.3 Å². The van der Waals surface area contributed by atoms with Crippen LogP contribution in [0, 0.1) is 0 Å². The van der Waals surface area contributed by atoms with Gasteiger partial charge in [0, 0.05) is 26.3 Å². The van der Waals surface area contributed by atoms with Crippen molar-refractivity contribution in [2.24, 2.45) is 0 Å². The third-order valence-electron chi connectivity index (χ3n) is 5.01. The molecule has 4 amide bonds. The van der Waals surface area contributed by atoms with Crippen LogP contribution in [-0.2, 0) is 37.0 Å². The molecule has 0 bridgehead atoms. The Labute approximate surface area is 212 Å². The van der Waals surface area contributed by atoms with Gasteiger partial charge in [-0.2, -0.15) is 0 Å². The quantitative estimate of drug-likeness (QED) is 0.255. The number of carbonyl (C=O) groups excluding carboxylic acids is 3. The molecule has 2 aromatic carbocycles. The lowest BCUT2D eigenvalue weighted by Crippen LogP contribution is -2.50. The van der Waals surface area contributed by atoms with Crippen LogP contribution in [0.2, 0.25) is 0 Å². The average molecular weight is 501 g/mol. The Kier molecular flexibility index (Phi) is 13.0. The van der Waals surface area contributed by atoms with Gasteiger partial charge in [0.15, 0.2) is 12.9 Å². The average Bonchev–Trinajstić information content (AvgIpc) is 2.88. The molecule has 196 valence electrons. The number of nitrogens with zero attached hydrogens (tertiary/aromatic N) is 1. The van der Waals surface area contributed by atoms with E-state index in [2.05, 4.69) is 16.1 Å². The highest BCUT2D eigenvalue weighted by Crippen LogP contribution is 2.10. The minimum Gasteiger partial charge on any atom is -0.351 e. The molecular weight excluding hydrogens is 464 g/mol. The number of hydrogen-bond donors (Lipinski definition) is 3. The Morgan fingerprint density at radius 2 is 1.47 bits per heavy atom. The molecule has 0 aromatic heterocycles. The summed E-state index contributed by atoms with van der Waals surface area (Å²) in [6, 6.07) is 17.5. The van der Waals surface area contributed by atoms with Crippen LogP contribution in [0.5, 0.6) is 0 Å². The number of hydrogen-bond acceptors (Lipinski definition) is 6. The Balaban J connectivity index is 1.85. The molecule has 36 heavy (non-hydrogen) atoms. The fraction of sp³-hybridized carbons (Fsp3) is 0.423. The second-order valence-corrected chi connectivity index (χ2v) is 7.89. The highest BCUT2D eigenvalue weighted by Gasteiger charge is 2.25. The maximum atomic E-state index is 13.2. The van der Waals surface area contributed by atoms with E-state index in [0.717, 1.165) is 11.1 Å². The molecule has 0 aliphatic rings. The Hall–Kier alpha value is -3.47. The van der Waals surface area contributed by atoms with Crippen LogP contribution in [0.1, 0.15) is 31.9 Å². The predicted molar refractivity (Wildman–Crippen MR) is 134 cm³/mol. The molecule has 2 rings (SSSR count). The summed E-state index contributed by atoms with van der Waals surface area (Å²) in [5.74, 6) is -0.852. The largest absolute Gasteiger partial charge is 0.351 e. The fourth-order valence-electron chi connectivity index (χ4n) is 3.34. The molecule has 1 unspecified atom stereocenters. The van der Waals surface area contributed by atoms with E-state index in [1.165, 1.54) is 0 Å². The summed E-state index contributed by atoms with van der Waals surface area (Å²) in [7, 11) is 0. The van der Waals surface area contributed by atoms with Crippen LogP contribution in [-0.4, -0.2) is 61.4 Å². The molecule has 0 spiro atoms. The summed E-state index contributed by atoms with van der Waals surface area (Å²) in [4.78, 5) is 43.9. The zero-order chi connectivity index (χ0) is 26.2. The number of urea groups is 1. The van der Waals surface area contributed by atoms with Gasteiger partial charge in [-0.15, -0.1) is 0 Å². The van der Waals surface area contributed by atoms with Gasteiger partial charge in [-0.05, 0) is 31.9 Å². The van der Waals surface area contributed by atoms with Crippen molar-refractivity contribution in [2.75, 3.05) is 26.4 Å². The van der Waals surface area contributed by atoms with Gasteiger partial charge in [-0.25, -0.2) is 10.3 Å². The maximum Gasteiger partial charge on any atom is 0.338 e. The molecule has 0 saturated heterocycles. The maximum absolute atomic E-state index is 13.2. The van der Waals surface area contributed by atoms with E-state index < -0.39 is 30.9 Å². The number of hydroxylamine groups is 1. The Morgan fingerprint density at radius 1 is 0.889 bits per heavy atom. The lowest BCUT2D eigenvalue weighted by atomic mass is 10.2. The first-order chi connectivity index (χ1) is 17.4. The molecule has 2 aromatic rings. The molecule has 0 radical (unpaired) electrons. The minimum atomic E-state index is -0.833. The van der Waals surface area contributed by atoms with Gasteiger partial charge in [0.05, 0.1) is 6.54 Å². The van der Waals surface area contributed by atoms with Crippen molar-refractivity contribution in [2.45, 2.75) is 46.2 Å². The topological polar surface area (TPSA) is 118 Å². The Bertz CT molecular complexity index is 923. The number of nitrogens with one attached hydrogen (secondary N) is 3. The number of ether oxygens (including phenoxy) is 2. The van der Waals surface area contributed by atoms with Crippen molar-refractivity contribution in [1.29, 1.82) is 0 Å². The summed E-state index contributed by atoms with van der Waals surface area (Å²) in [6.07, 6.45) is -0.586. The van der Waals surface area contributed by atoms with Crippen molar-refractivity contribution >= 4 is 17.8 Å². The van der Waals surface area contributed by atoms with Crippen molar-refractivity contribution in [3.63, 3.8) is 0 Å². The van der Waals surface area contributed by atoms with E-state index in [4.69, 9.17) is 14.3 Å². The van der Waals surface area contributed by atoms with Gasteiger partial charge in [0.2, 0.25) is 11.8 Å². The molecule has 10 heteroatoms. The third-order valence-corrected chi connectivity index (χ3v) is 5.01. The SMILES string of the molecule is CCOC(CN(Cc1ccccc1)C(=O)C(C)NC(=O)CONC(=O)NCc1ccccc1)OCC. The van der Waals surface area contributed by atoms with Crippen molar-refractivity contribution < 1.29 is 28.7 Å². The molecule has 0 aliphatic heterocycles. The molecular formula is C26H36N4O6. The van der Waals surface area contributed by atoms with Crippen molar-refractivity contribution in [3.8, 4) is 0 Å². The monoisotopic (exact) mass is 500 g/mol. The Morgan fingerprint density at radius 3 is 2.06 bits per heavy atom. The first-order valence-electron chi connectivity index (χ1n) is 12.0. The van der Waals surface area contributed by atoms with Gasteiger partial charge < -0.3 is 25.0 Å². The summed E-state index contributed by atoms with van der Waals surface area (Å²) >= 11 is 0. The van der Waals surface area contributed by atoms with E-state index in [9.17, 15) is 14.4 Å². The van der Waals surface area contributed by atoms with Crippen LogP contribution in [0.25, 0.3) is 0 Å². The van der Waals surface area contributed by atoms with Crippen LogP contribution < -0.4 is 16.1 Å². The first kappa shape index (κ1) is 28.8. The molecule has 0 saturated carbocycles. The van der Waals surface area contributed by atoms with Gasteiger partial charge in [-0.1, -0.05) is 60.7 Å². The smallest absolute Gasteiger partial charge is 0.338 e. The second-order valence-electron chi connectivity index (χ2n) is 7.89. The summed E-state index contributed by atoms with van der Waals surface area (Å²) in [5.41, 5.74) is 4.02. The number of amides is 4. The number of benzene rings is 2. The minimum absolute atomic E-state index is 0.204.